The Labute approximate surface area is 148 Å². The van der Waals surface area contributed by atoms with E-state index in [0.717, 1.165) is 48.0 Å². The van der Waals surface area contributed by atoms with E-state index in [4.69, 9.17) is 0 Å². The lowest BCUT2D eigenvalue weighted by atomic mass is 10.2. The van der Waals surface area contributed by atoms with Crippen molar-refractivity contribution in [3.05, 3.63) is 35.7 Å². The fraction of sp³-hybridized carbons (Fsp3) is 0.412. The lowest BCUT2D eigenvalue weighted by molar-refractivity contribution is -0.115. The largest absolute Gasteiger partial charge is 0.383 e. The van der Waals surface area contributed by atoms with Crippen molar-refractivity contribution in [1.82, 2.24) is 9.78 Å². The number of halogens is 1. The molecule has 6 nitrogen and oxygen atoms in total. The molecule has 3 rings (SSSR count). The van der Waals surface area contributed by atoms with Gasteiger partial charge in [0.05, 0.1) is 35.0 Å². The zero-order valence-corrected chi connectivity index (χ0v) is 15.1. The minimum Gasteiger partial charge on any atom is -0.383 e. The molecule has 0 atom stereocenters. The summed E-state index contributed by atoms with van der Waals surface area (Å²) in [5, 5.41) is 10.8. The first kappa shape index (κ1) is 18.1. The van der Waals surface area contributed by atoms with Crippen LogP contribution >= 0.6 is 12.4 Å². The molecule has 130 valence electrons. The molecule has 7 heteroatoms. The maximum atomic E-state index is 12.5. The van der Waals surface area contributed by atoms with Gasteiger partial charge in [0, 0.05) is 20.1 Å². The number of carbonyl (C=O) groups is 1. The van der Waals surface area contributed by atoms with Gasteiger partial charge in [-0.1, -0.05) is 12.1 Å². The van der Waals surface area contributed by atoms with E-state index in [0.29, 0.717) is 6.54 Å². The number of nitrogens with zero attached hydrogens (tertiary/aromatic N) is 3. The molecule has 2 N–H and O–H groups in total. The van der Waals surface area contributed by atoms with Crippen LogP contribution in [0, 0.1) is 13.8 Å². The summed E-state index contributed by atoms with van der Waals surface area (Å²) in [7, 11) is 1.88. The summed E-state index contributed by atoms with van der Waals surface area (Å²) in [6.07, 6.45) is 1.01. The number of fused-ring (bicyclic) bond motifs is 1. The number of rotatable bonds is 3. The molecule has 2 heterocycles. The fourth-order valence-corrected chi connectivity index (χ4v) is 2.98. The van der Waals surface area contributed by atoms with Gasteiger partial charge in [-0.15, -0.1) is 12.4 Å². The van der Waals surface area contributed by atoms with Gasteiger partial charge in [0.2, 0.25) is 5.91 Å². The average Bonchev–Trinajstić information content (AvgIpc) is 2.70. The smallest absolute Gasteiger partial charge is 0.243 e. The van der Waals surface area contributed by atoms with E-state index in [-0.39, 0.29) is 18.3 Å². The van der Waals surface area contributed by atoms with Crippen molar-refractivity contribution in [2.24, 2.45) is 7.05 Å². The highest BCUT2D eigenvalue weighted by Gasteiger charge is 2.19. The van der Waals surface area contributed by atoms with Crippen molar-refractivity contribution in [3.8, 4) is 0 Å². The van der Waals surface area contributed by atoms with Gasteiger partial charge >= 0.3 is 0 Å². The van der Waals surface area contributed by atoms with Gasteiger partial charge < -0.3 is 15.5 Å². The van der Waals surface area contributed by atoms with Crippen molar-refractivity contribution in [2.45, 2.75) is 20.3 Å². The topological polar surface area (TPSA) is 62.2 Å². The summed E-state index contributed by atoms with van der Waals surface area (Å²) in [6.45, 7) is 6.00. The lowest BCUT2D eigenvalue weighted by Gasteiger charge is -2.23. The Morgan fingerprint density at radius 2 is 2.08 bits per heavy atom. The number of benzene rings is 1. The van der Waals surface area contributed by atoms with Crippen LogP contribution in [0.3, 0.4) is 0 Å². The number of hydrogen-bond acceptors (Lipinski definition) is 4. The molecule has 1 aliphatic rings. The molecule has 0 unspecified atom stereocenters. The average molecular weight is 350 g/mol. The monoisotopic (exact) mass is 349 g/mol. The second-order valence-corrected chi connectivity index (χ2v) is 5.94. The number of amides is 1. The quantitative estimate of drug-likeness (QED) is 0.894. The molecule has 24 heavy (non-hydrogen) atoms. The van der Waals surface area contributed by atoms with Crippen LogP contribution < -0.4 is 15.5 Å². The third-order valence-electron chi connectivity index (χ3n) is 4.27. The predicted octanol–water partition coefficient (Wildman–Crippen LogP) is 2.72. The number of hydrogen-bond donors (Lipinski definition) is 2. The number of anilines is 3. The number of nitrogens with one attached hydrogen (secondary N) is 2. The van der Waals surface area contributed by atoms with Crippen molar-refractivity contribution in [2.75, 3.05) is 35.2 Å². The Hall–Kier alpha value is -2.21. The molecule has 0 fully saturated rings. The molecule has 1 aliphatic heterocycles. The Bertz CT molecular complexity index is 728. The number of aromatic nitrogens is 2. The third-order valence-corrected chi connectivity index (χ3v) is 4.27. The molecule has 0 saturated heterocycles. The maximum absolute atomic E-state index is 12.5. The SMILES string of the molecule is Cc1nn(C)c(C)c1NC(=O)CN1CCCNc2ccccc21.Cl. The zero-order valence-electron chi connectivity index (χ0n) is 14.3. The van der Waals surface area contributed by atoms with Gasteiger partial charge in [-0.05, 0) is 32.4 Å². The Balaban J connectivity index is 0.00000208. The lowest BCUT2D eigenvalue weighted by Crippen LogP contribution is -2.34. The third kappa shape index (κ3) is 3.64. The fourth-order valence-electron chi connectivity index (χ4n) is 2.98. The van der Waals surface area contributed by atoms with E-state index in [9.17, 15) is 4.79 Å². The second kappa shape index (κ2) is 7.57. The van der Waals surface area contributed by atoms with Crippen LogP contribution in [0.5, 0.6) is 0 Å². The van der Waals surface area contributed by atoms with Crippen LogP contribution in [0.25, 0.3) is 0 Å². The summed E-state index contributed by atoms with van der Waals surface area (Å²) in [6, 6.07) is 8.13. The van der Waals surface area contributed by atoms with Crippen LogP contribution in [-0.2, 0) is 11.8 Å². The summed E-state index contributed by atoms with van der Waals surface area (Å²) in [5.41, 5.74) is 4.80. The molecule has 2 aromatic rings. The van der Waals surface area contributed by atoms with Crippen LogP contribution in [0.2, 0.25) is 0 Å². The summed E-state index contributed by atoms with van der Waals surface area (Å²) in [4.78, 5) is 14.6. The molecule has 1 amide bonds. The van der Waals surface area contributed by atoms with Crippen LogP contribution in [0.1, 0.15) is 17.8 Å². The predicted molar refractivity (Wildman–Crippen MR) is 100 cm³/mol. The summed E-state index contributed by atoms with van der Waals surface area (Å²) < 4.78 is 1.79. The number of carbonyl (C=O) groups excluding carboxylic acids is 1. The highest BCUT2D eigenvalue weighted by molar-refractivity contribution is 5.95. The molecule has 1 aromatic heterocycles. The van der Waals surface area contributed by atoms with E-state index in [1.165, 1.54) is 0 Å². The van der Waals surface area contributed by atoms with Crippen molar-refractivity contribution in [1.29, 1.82) is 0 Å². The van der Waals surface area contributed by atoms with Crippen molar-refractivity contribution >= 4 is 35.4 Å². The van der Waals surface area contributed by atoms with E-state index in [1.54, 1.807) is 4.68 Å². The van der Waals surface area contributed by atoms with Crippen LogP contribution in [0.15, 0.2) is 24.3 Å². The number of aryl methyl sites for hydroxylation is 2. The molecule has 0 saturated carbocycles. The van der Waals surface area contributed by atoms with Gasteiger partial charge in [0.15, 0.2) is 0 Å². The van der Waals surface area contributed by atoms with Gasteiger partial charge in [-0.3, -0.25) is 9.48 Å². The first-order chi connectivity index (χ1) is 11.1. The maximum Gasteiger partial charge on any atom is 0.243 e. The minimum absolute atomic E-state index is 0. The minimum atomic E-state index is -0.0131. The zero-order chi connectivity index (χ0) is 16.4. The molecule has 0 bridgehead atoms. The Kier molecular flexibility index (Phi) is 5.72. The van der Waals surface area contributed by atoms with E-state index < -0.39 is 0 Å². The Morgan fingerprint density at radius 1 is 1.33 bits per heavy atom. The molecule has 0 radical (unpaired) electrons. The van der Waals surface area contributed by atoms with E-state index in [2.05, 4.69) is 32.8 Å². The number of para-hydroxylation sites is 2. The first-order valence-electron chi connectivity index (χ1n) is 7.94. The van der Waals surface area contributed by atoms with Crippen molar-refractivity contribution < 1.29 is 4.79 Å². The van der Waals surface area contributed by atoms with E-state index in [1.807, 2.05) is 33.0 Å². The van der Waals surface area contributed by atoms with E-state index >= 15 is 0 Å². The summed E-state index contributed by atoms with van der Waals surface area (Å²) >= 11 is 0. The molecular weight excluding hydrogens is 326 g/mol. The normalized spacial score (nSPS) is 13.4. The highest BCUT2D eigenvalue weighted by Crippen LogP contribution is 2.28. The Morgan fingerprint density at radius 3 is 2.79 bits per heavy atom. The van der Waals surface area contributed by atoms with Crippen molar-refractivity contribution in [3.63, 3.8) is 0 Å². The molecule has 0 aliphatic carbocycles. The highest BCUT2D eigenvalue weighted by atomic mass is 35.5. The van der Waals surface area contributed by atoms with Gasteiger partial charge in [-0.2, -0.15) is 5.10 Å². The van der Waals surface area contributed by atoms with Gasteiger partial charge in [0.25, 0.3) is 0 Å². The first-order valence-corrected chi connectivity index (χ1v) is 7.94. The molecular formula is C17H24ClN5O. The van der Waals surface area contributed by atoms with Crippen LogP contribution in [0.4, 0.5) is 17.1 Å². The van der Waals surface area contributed by atoms with Gasteiger partial charge in [-0.25, -0.2) is 0 Å². The molecule has 0 spiro atoms. The second-order valence-electron chi connectivity index (χ2n) is 5.94. The van der Waals surface area contributed by atoms with Crippen LogP contribution in [-0.4, -0.2) is 35.3 Å². The standard InChI is InChI=1S/C17H23N5O.ClH/c1-12-17(13(2)21(3)20-12)19-16(23)11-22-10-6-9-18-14-7-4-5-8-15(14)22;/h4-5,7-8,18H,6,9-11H2,1-3H3,(H,19,23);1H. The molecule has 1 aromatic carbocycles. The summed E-state index contributed by atoms with van der Waals surface area (Å²) in [5.74, 6) is -0.0131. The van der Waals surface area contributed by atoms with Gasteiger partial charge in [0.1, 0.15) is 0 Å².